The fourth-order valence-electron chi connectivity index (χ4n) is 3.83. The van der Waals surface area contributed by atoms with Crippen molar-refractivity contribution in [2.45, 2.75) is 57.7 Å². The Kier molecular flexibility index (Phi) is 6.08. The maximum atomic E-state index is 12.4. The molecule has 0 N–H and O–H groups in total. The van der Waals surface area contributed by atoms with Gasteiger partial charge in [-0.3, -0.25) is 4.57 Å². The second-order valence-electron chi connectivity index (χ2n) is 6.81. The molecule has 0 spiro atoms. The molecule has 1 atom stereocenters. The molecule has 0 radical (unpaired) electrons. The number of ether oxygens (including phenoxy) is 2. The summed E-state index contributed by atoms with van der Waals surface area (Å²) in [5, 5.41) is 4.61. The van der Waals surface area contributed by atoms with Gasteiger partial charge in [-0.25, -0.2) is 9.48 Å². The number of methoxy groups -OCH3 is 1. The average molecular weight is 338 g/mol. The van der Waals surface area contributed by atoms with Crippen LogP contribution < -0.4 is 5.69 Å². The number of piperidine rings is 1. The first-order valence-electron chi connectivity index (χ1n) is 9.23. The lowest BCUT2D eigenvalue weighted by molar-refractivity contribution is 0.0638. The van der Waals surface area contributed by atoms with Crippen molar-refractivity contribution in [1.82, 2.24) is 19.2 Å². The Bertz CT molecular complexity index is 569. The summed E-state index contributed by atoms with van der Waals surface area (Å²) >= 11 is 0. The zero-order valence-corrected chi connectivity index (χ0v) is 14.9. The van der Waals surface area contributed by atoms with Crippen LogP contribution in [0.3, 0.4) is 0 Å². The molecule has 2 fully saturated rings. The van der Waals surface area contributed by atoms with Crippen LogP contribution in [0.25, 0.3) is 0 Å². The number of likely N-dealkylation sites (tertiary alicyclic amines) is 1. The van der Waals surface area contributed by atoms with Crippen LogP contribution in [0.2, 0.25) is 0 Å². The molecule has 0 aliphatic carbocycles. The van der Waals surface area contributed by atoms with Crippen LogP contribution in [0, 0.1) is 0 Å². The normalized spacial score (nSPS) is 23.2. The van der Waals surface area contributed by atoms with Crippen molar-refractivity contribution in [3.05, 3.63) is 16.3 Å². The summed E-state index contributed by atoms with van der Waals surface area (Å²) in [6.45, 7) is 7.82. The van der Waals surface area contributed by atoms with Crippen molar-refractivity contribution in [3.63, 3.8) is 0 Å². The number of nitrogens with zero attached hydrogens (tertiary/aromatic N) is 4. The second kappa shape index (κ2) is 8.27. The molecule has 3 rings (SSSR count). The van der Waals surface area contributed by atoms with Gasteiger partial charge in [0.1, 0.15) is 5.82 Å². The third-order valence-corrected chi connectivity index (χ3v) is 5.21. The Balaban J connectivity index is 1.61. The van der Waals surface area contributed by atoms with E-state index >= 15 is 0 Å². The van der Waals surface area contributed by atoms with E-state index in [1.54, 1.807) is 11.8 Å². The van der Waals surface area contributed by atoms with Gasteiger partial charge in [0, 0.05) is 32.7 Å². The predicted molar refractivity (Wildman–Crippen MR) is 91.4 cm³/mol. The van der Waals surface area contributed by atoms with E-state index in [1.807, 2.05) is 11.5 Å². The summed E-state index contributed by atoms with van der Waals surface area (Å²) in [6, 6.07) is 0. The molecule has 0 bridgehead atoms. The van der Waals surface area contributed by atoms with Crippen LogP contribution in [-0.4, -0.2) is 65.3 Å². The molecule has 1 aromatic heterocycles. The highest BCUT2D eigenvalue weighted by Gasteiger charge is 2.28. The minimum Gasteiger partial charge on any atom is -0.383 e. The van der Waals surface area contributed by atoms with Crippen LogP contribution >= 0.6 is 0 Å². The Hall–Kier alpha value is -1.18. The van der Waals surface area contributed by atoms with Crippen molar-refractivity contribution in [1.29, 1.82) is 0 Å². The fourth-order valence-corrected chi connectivity index (χ4v) is 3.83. The average Bonchev–Trinajstić information content (AvgIpc) is 3.21. The van der Waals surface area contributed by atoms with Gasteiger partial charge in [0.05, 0.1) is 19.3 Å². The summed E-state index contributed by atoms with van der Waals surface area (Å²) in [4.78, 5) is 14.9. The van der Waals surface area contributed by atoms with Crippen LogP contribution in [-0.2, 0) is 22.6 Å². The quantitative estimate of drug-likeness (QED) is 0.744. The van der Waals surface area contributed by atoms with Gasteiger partial charge in [0.2, 0.25) is 0 Å². The van der Waals surface area contributed by atoms with Crippen molar-refractivity contribution in [2.75, 3.05) is 40.0 Å². The molecule has 3 heterocycles. The first kappa shape index (κ1) is 17.6. The maximum Gasteiger partial charge on any atom is 0.345 e. The molecule has 0 saturated carbocycles. The van der Waals surface area contributed by atoms with Crippen LogP contribution in [0.1, 0.15) is 44.3 Å². The monoisotopic (exact) mass is 338 g/mol. The minimum absolute atomic E-state index is 0.00802. The maximum absolute atomic E-state index is 12.4. The van der Waals surface area contributed by atoms with E-state index in [0.29, 0.717) is 31.7 Å². The van der Waals surface area contributed by atoms with Crippen molar-refractivity contribution in [3.8, 4) is 0 Å². The van der Waals surface area contributed by atoms with Crippen LogP contribution in [0.5, 0.6) is 0 Å². The lowest BCUT2D eigenvalue weighted by Crippen LogP contribution is -2.38. The van der Waals surface area contributed by atoms with Crippen molar-refractivity contribution in [2.24, 2.45) is 0 Å². The smallest absolute Gasteiger partial charge is 0.345 e. The zero-order chi connectivity index (χ0) is 16.9. The fraction of sp³-hybridized carbons (Fsp3) is 0.882. The molecule has 0 amide bonds. The highest BCUT2D eigenvalue weighted by Crippen LogP contribution is 2.27. The summed E-state index contributed by atoms with van der Waals surface area (Å²) in [7, 11) is 1.65. The predicted octanol–water partition coefficient (Wildman–Crippen LogP) is 1.07. The zero-order valence-electron chi connectivity index (χ0n) is 14.9. The lowest BCUT2D eigenvalue weighted by atomic mass is 9.95. The molecule has 24 heavy (non-hydrogen) atoms. The van der Waals surface area contributed by atoms with E-state index < -0.39 is 0 Å². The molecule has 2 aliphatic heterocycles. The standard InChI is InChI=1S/C17H30N4O3/c1-3-20-16(18-21(17(20)22)10-12-23-2)14-6-8-19(9-7-14)13-15-5-4-11-24-15/h14-15H,3-13H2,1-2H3. The molecule has 7 heteroatoms. The molecule has 0 aromatic carbocycles. The summed E-state index contributed by atoms with van der Waals surface area (Å²) in [6.07, 6.45) is 4.94. The lowest BCUT2D eigenvalue weighted by Gasteiger charge is -2.32. The Morgan fingerprint density at radius 3 is 2.71 bits per heavy atom. The van der Waals surface area contributed by atoms with Gasteiger partial charge in [-0.15, -0.1) is 0 Å². The van der Waals surface area contributed by atoms with E-state index in [9.17, 15) is 4.79 Å². The van der Waals surface area contributed by atoms with Gasteiger partial charge in [-0.1, -0.05) is 0 Å². The molecule has 2 aliphatic rings. The van der Waals surface area contributed by atoms with E-state index in [1.165, 1.54) is 12.8 Å². The molecule has 1 aromatic rings. The second-order valence-corrected chi connectivity index (χ2v) is 6.81. The van der Waals surface area contributed by atoms with E-state index in [-0.39, 0.29) is 5.69 Å². The molecule has 2 saturated heterocycles. The van der Waals surface area contributed by atoms with Crippen molar-refractivity contribution < 1.29 is 9.47 Å². The molecule has 1 unspecified atom stereocenters. The van der Waals surface area contributed by atoms with E-state index in [2.05, 4.69) is 10.00 Å². The Labute approximate surface area is 143 Å². The van der Waals surface area contributed by atoms with Gasteiger partial charge in [0.25, 0.3) is 0 Å². The van der Waals surface area contributed by atoms with E-state index in [4.69, 9.17) is 9.47 Å². The van der Waals surface area contributed by atoms with Gasteiger partial charge in [-0.05, 0) is 45.7 Å². The first-order chi connectivity index (χ1) is 11.7. The summed E-state index contributed by atoms with van der Waals surface area (Å²) in [5.41, 5.74) is -0.00802. The van der Waals surface area contributed by atoms with Crippen LogP contribution in [0.15, 0.2) is 4.79 Å². The molecule has 7 nitrogen and oxygen atoms in total. The number of aromatic nitrogens is 3. The molecule has 136 valence electrons. The highest BCUT2D eigenvalue weighted by molar-refractivity contribution is 5.00. The Morgan fingerprint density at radius 1 is 1.29 bits per heavy atom. The third kappa shape index (κ3) is 3.90. The van der Waals surface area contributed by atoms with Crippen LogP contribution in [0.4, 0.5) is 0 Å². The topological polar surface area (TPSA) is 61.5 Å². The molecular weight excluding hydrogens is 308 g/mol. The highest BCUT2D eigenvalue weighted by atomic mass is 16.5. The number of rotatable bonds is 7. The van der Waals surface area contributed by atoms with Gasteiger partial charge >= 0.3 is 5.69 Å². The minimum atomic E-state index is -0.00802. The summed E-state index contributed by atoms with van der Waals surface area (Å²) < 4.78 is 14.2. The van der Waals surface area contributed by atoms with Gasteiger partial charge < -0.3 is 14.4 Å². The largest absolute Gasteiger partial charge is 0.383 e. The third-order valence-electron chi connectivity index (χ3n) is 5.21. The SMILES string of the molecule is CCn1c(C2CCN(CC3CCCO3)CC2)nn(CCOC)c1=O. The van der Waals surface area contributed by atoms with Gasteiger partial charge in [0.15, 0.2) is 0 Å². The van der Waals surface area contributed by atoms with E-state index in [0.717, 1.165) is 44.9 Å². The summed E-state index contributed by atoms with van der Waals surface area (Å²) in [5.74, 6) is 1.33. The number of hydrogen-bond donors (Lipinski definition) is 0. The first-order valence-corrected chi connectivity index (χ1v) is 9.23. The van der Waals surface area contributed by atoms with Gasteiger partial charge in [-0.2, -0.15) is 5.10 Å². The number of hydrogen-bond acceptors (Lipinski definition) is 5. The van der Waals surface area contributed by atoms with Crippen molar-refractivity contribution >= 4 is 0 Å². The molecular formula is C17H30N4O3. The Morgan fingerprint density at radius 2 is 2.08 bits per heavy atom.